The first-order valence-corrected chi connectivity index (χ1v) is 7.31. The van der Waals surface area contributed by atoms with Crippen molar-refractivity contribution in [1.82, 2.24) is 9.97 Å². The van der Waals surface area contributed by atoms with Crippen molar-refractivity contribution >= 4 is 11.6 Å². The maximum Gasteiger partial charge on any atom is 0.138 e. The molecule has 5 nitrogen and oxygen atoms in total. The van der Waals surface area contributed by atoms with Crippen LogP contribution in [-0.4, -0.2) is 41.3 Å². The molecule has 0 radical (unpaired) electrons. The van der Waals surface area contributed by atoms with Crippen LogP contribution in [0.15, 0.2) is 6.07 Å². The van der Waals surface area contributed by atoms with Crippen molar-refractivity contribution in [2.75, 3.05) is 30.4 Å². The Morgan fingerprint density at radius 2 is 2.05 bits per heavy atom. The Labute approximate surface area is 121 Å². The van der Waals surface area contributed by atoms with Crippen molar-refractivity contribution in [2.45, 2.75) is 45.6 Å². The zero-order chi connectivity index (χ0) is 14.9. The molecule has 1 aromatic rings. The number of aliphatic hydroxyl groups excluding tert-OH is 1. The third-order valence-electron chi connectivity index (χ3n) is 3.88. The molecule has 2 rings (SSSR count). The fourth-order valence-corrected chi connectivity index (χ4v) is 2.32. The lowest BCUT2D eigenvalue weighted by Crippen LogP contribution is -2.43. The maximum absolute atomic E-state index is 10.1. The molecular formula is C15H26N4O. The van der Waals surface area contributed by atoms with Crippen LogP contribution in [0, 0.1) is 5.92 Å². The fourth-order valence-electron chi connectivity index (χ4n) is 2.32. The molecule has 2 atom stereocenters. The molecule has 2 heterocycles. The zero-order valence-electron chi connectivity index (χ0n) is 13.1. The summed E-state index contributed by atoms with van der Waals surface area (Å²) in [6.07, 6.45) is 0.708. The van der Waals surface area contributed by atoms with E-state index in [1.54, 1.807) is 0 Å². The van der Waals surface area contributed by atoms with Crippen molar-refractivity contribution < 1.29 is 5.11 Å². The maximum atomic E-state index is 10.1. The lowest BCUT2D eigenvalue weighted by Gasteiger charge is -2.35. The molecule has 0 spiro atoms. The van der Waals surface area contributed by atoms with Crippen LogP contribution in [0.25, 0.3) is 0 Å². The van der Waals surface area contributed by atoms with E-state index in [0.717, 1.165) is 30.4 Å². The summed E-state index contributed by atoms with van der Waals surface area (Å²) in [5.41, 5.74) is -0.0939. The molecule has 20 heavy (non-hydrogen) atoms. The van der Waals surface area contributed by atoms with Gasteiger partial charge < -0.3 is 15.3 Å². The SMILES string of the molecule is CNc1cc(N2CCC(C)C(O)C2)nc(C(C)(C)C)n1. The molecule has 0 saturated carbocycles. The molecule has 5 heteroatoms. The average molecular weight is 278 g/mol. The number of aromatic nitrogens is 2. The Morgan fingerprint density at radius 3 is 2.60 bits per heavy atom. The predicted molar refractivity (Wildman–Crippen MR) is 82.3 cm³/mol. The predicted octanol–water partition coefficient (Wildman–Crippen LogP) is 2.02. The van der Waals surface area contributed by atoms with Crippen molar-refractivity contribution in [2.24, 2.45) is 5.92 Å². The second-order valence-electron chi connectivity index (χ2n) is 6.71. The molecule has 1 aliphatic rings. The highest BCUT2D eigenvalue weighted by molar-refractivity contribution is 5.50. The Morgan fingerprint density at radius 1 is 1.35 bits per heavy atom. The quantitative estimate of drug-likeness (QED) is 0.866. The Hall–Kier alpha value is -1.36. The molecule has 0 aromatic carbocycles. The van der Waals surface area contributed by atoms with Crippen LogP contribution in [0.2, 0.25) is 0 Å². The molecule has 112 valence electrons. The highest BCUT2D eigenvalue weighted by Gasteiger charge is 2.27. The summed E-state index contributed by atoms with van der Waals surface area (Å²) < 4.78 is 0. The van der Waals surface area contributed by atoms with Gasteiger partial charge in [0.2, 0.25) is 0 Å². The summed E-state index contributed by atoms with van der Waals surface area (Å²) in [5, 5.41) is 13.2. The highest BCUT2D eigenvalue weighted by Crippen LogP contribution is 2.27. The van der Waals surface area contributed by atoms with Gasteiger partial charge in [0.25, 0.3) is 0 Å². The first-order chi connectivity index (χ1) is 9.31. The van der Waals surface area contributed by atoms with Crippen LogP contribution in [-0.2, 0) is 5.41 Å². The number of aliphatic hydroxyl groups is 1. The zero-order valence-corrected chi connectivity index (χ0v) is 13.1. The first-order valence-electron chi connectivity index (χ1n) is 7.31. The van der Waals surface area contributed by atoms with Crippen LogP contribution >= 0.6 is 0 Å². The van der Waals surface area contributed by atoms with E-state index >= 15 is 0 Å². The van der Waals surface area contributed by atoms with E-state index in [0.29, 0.717) is 12.5 Å². The fraction of sp³-hybridized carbons (Fsp3) is 0.733. The Balaban J connectivity index is 2.31. The van der Waals surface area contributed by atoms with E-state index < -0.39 is 0 Å². The minimum absolute atomic E-state index is 0.0939. The van der Waals surface area contributed by atoms with Crippen LogP contribution in [0.5, 0.6) is 0 Å². The van der Waals surface area contributed by atoms with E-state index in [2.05, 4.69) is 42.9 Å². The lowest BCUT2D eigenvalue weighted by atomic mass is 9.95. The van der Waals surface area contributed by atoms with Crippen molar-refractivity contribution in [3.8, 4) is 0 Å². The molecule has 0 aliphatic carbocycles. The topological polar surface area (TPSA) is 61.3 Å². The minimum Gasteiger partial charge on any atom is -0.391 e. The summed E-state index contributed by atoms with van der Waals surface area (Å²) in [7, 11) is 1.87. The number of hydrogen-bond donors (Lipinski definition) is 2. The largest absolute Gasteiger partial charge is 0.391 e. The van der Waals surface area contributed by atoms with Crippen LogP contribution < -0.4 is 10.2 Å². The van der Waals surface area contributed by atoms with Gasteiger partial charge in [-0.2, -0.15) is 0 Å². The molecule has 1 aliphatic heterocycles. The van der Waals surface area contributed by atoms with Gasteiger partial charge in [-0.1, -0.05) is 27.7 Å². The number of nitrogens with zero attached hydrogens (tertiary/aromatic N) is 3. The summed E-state index contributed by atoms with van der Waals surface area (Å²) in [4.78, 5) is 11.4. The third-order valence-corrected chi connectivity index (χ3v) is 3.88. The molecule has 2 N–H and O–H groups in total. The number of nitrogens with one attached hydrogen (secondary N) is 1. The van der Waals surface area contributed by atoms with Crippen molar-refractivity contribution in [1.29, 1.82) is 0 Å². The number of β-amino-alcohol motifs (C(OH)–C–C–N with tert-alkyl or cyclic N) is 1. The van der Waals surface area contributed by atoms with Gasteiger partial charge in [0, 0.05) is 31.6 Å². The molecule has 0 bridgehead atoms. The van der Waals surface area contributed by atoms with Gasteiger partial charge in [-0.05, 0) is 12.3 Å². The standard InChI is InChI=1S/C15H26N4O/c1-10-6-7-19(9-11(10)20)13-8-12(16-5)17-14(18-13)15(2,3)4/h8,10-11,20H,6-7,9H2,1-5H3,(H,16,17,18). The van der Waals surface area contributed by atoms with Gasteiger partial charge in [-0.15, -0.1) is 0 Å². The van der Waals surface area contributed by atoms with Crippen LogP contribution in [0.4, 0.5) is 11.6 Å². The van der Waals surface area contributed by atoms with Gasteiger partial charge in [0.1, 0.15) is 17.5 Å². The molecule has 1 saturated heterocycles. The third kappa shape index (κ3) is 3.20. The summed E-state index contributed by atoms with van der Waals surface area (Å²) in [5.74, 6) is 2.92. The van der Waals surface area contributed by atoms with Gasteiger partial charge in [0.15, 0.2) is 0 Å². The summed E-state index contributed by atoms with van der Waals surface area (Å²) in [6.45, 7) is 10.0. The Kier molecular flexibility index (Phi) is 4.18. The van der Waals surface area contributed by atoms with E-state index in [1.165, 1.54) is 0 Å². The number of anilines is 2. The Bertz CT molecular complexity index is 469. The van der Waals surface area contributed by atoms with E-state index in [1.807, 2.05) is 13.1 Å². The van der Waals surface area contributed by atoms with Crippen molar-refractivity contribution in [3.05, 3.63) is 11.9 Å². The van der Waals surface area contributed by atoms with Gasteiger partial charge in [-0.25, -0.2) is 9.97 Å². The molecular weight excluding hydrogens is 252 g/mol. The number of rotatable bonds is 2. The summed E-state index contributed by atoms with van der Waals surface area (Å²) in [6, 6.07) is 1.96. The number of piperidine rings is 1. The molecule has 0 amide bonds. The van der Waals surface area contributed by atoms with Crippen LogP contribution in [0.1, 0.15) is 39.9 Å². The lowest BCUT2D eigenvalue weighted by molar-refractivity contribution is 0.102. The van der Waals surface area contributed by atoms with Gasteiger partial charge in [0.05, 0.1) is 6.10 Å². The van der Waals surface area contributed by atoms with E-state index in [4.69, 9.17) is 4.98 Å². The number of hydrogen-bond acceptors (Lipinski definition) is 5. The second kappa shape index (κ2) is 5.56. The smallest absolute Gasteiger partial charge is 0.138 e. The second-order valence-corrected chi connectivity index (χ2v) is 6.71. The van der Waals surface area contributed by atoms with E-state index in [9.17, 15) is 5.11 Å². The van der Waals surface area contributed by atoms with Crippen molar-refractivity contribution in [3.63, 3.8) is 0 Å². The molecule has 1 aromatic heterocycles. The molecule has 2 unspecified atom stereocenters. The highest BCUT2D eigenvalue weighted by atomic mass is 16.3. The normalized spacial score (nSPS) is 23.8. The molecule has 1 fully saturated rings. The van der Waals surface area contributed by atoms with Crippen LogP contribution in [0.3, 0.4) is 0 Å². The minimum atomic E-state index is -0.283. The van der Waals surface area contributed by atoms with Gasteiger partial charge in [-0.3, -0.25) is 0 Å². The average Bonchev–Trinajstić information content (AvgIpc) is 2.40. The van der Waals surface area contributed by atoms with Gasteiger partial charge >= 0.3 is 0 Å². The monoisotopic (exact) mass is 278 g/mol. The van der Waals surface area contributed by atoms with E-state index in [-0.39, 0.29) is 11.5 Å². The summed E-state index contributed by atoms with van der Waals surface area (Å²) >= 11 is 0. The first kappa shape index (κ1) is 15.0.